The van der Waals surface area contributed by atoms with Crippen LogP contribution >= 0.6 is 11.8 Å². The fraction of sp³-hybridized carbons (Fsp3) is 0.600. The number of hydrogen-bond donors (Lipinski definition) is 0. The van der Waals surface area contributed by atoms with Crippen molar-refractivity contribution in [1.29, 1.82) is 0 Å². The number of sulfone groups is 1. The van der Waals surface area contributed by atoms with Crippen LogP contribution in [-0.4, -0.2) is 61.4 Å². The van der Waals surface area contributed by atoms with Gasteiger partial charge in [0.05, 0.1) is 31.8 Å². The molecule has 0 radical (unpaired) electrons. The highest BCUT2D eigenvalue weighted by molar-refractivity contribution is 8.15. The van der Waals surface area contributed by atoms with Crippen LogP contribution in [0.2, 0.25) is 0 Å². The zero-order chi connectivity index (χ0) is 21.2. The maximum Gasteiger partial charge on any atom is 0.251 e. The predicted octanol–water partition coefficient (Wildman–Crippen LogP) is 2.74. The fourth-order valence-electron chi connectivity index (χ4n) is 3.82. The summed E-state index contributed by atoms with van der Waals surface area (Å²) in [6, 6.07) is 5.45. The van der Waals surface area contributed by atoms with E-state index in [1.54, 1.807) is 14.2 Å². The van der Waals surface area contributed by atoms with Crippen LogP contribution < -0.4 is 9.47 Å². The van der Waals surface area contributed by atoms with Crippen molar-refractivity contribution < 1.29 is 22.7 Å². The second-order valence-electron chi connectivity index (χ2n) is 7.36. The topological polar surface area (TPSA) is 85.3 Å². The Kier molecular flexibility index (Phi) is 6.78. The third kappa shape index (κ3) is 4.71. The third-order valence-corrected chi connectivity index (χ3v) is 8.76. The van der Waals surface area contributed by atoms with Gasteiger partial charge in [0.1, 0.15) is 0 Å². The molecule has 2 atom stereocenters. The smallest absolute Gasteiger partial charge is 0.251 e. The maximum atomic E-state index is 12.6. The van der Waals surface area contributed by atoms with Gasteiger partial charge in [0.2, 0.25) is 0 Å². The van der Waals surface area contributed by atoms with Crippen LogP contribution in [-0.2, 0) is 21.2 Å². The van der Waals surface area contributed by atoms with Gasteiger partial charge in [-0.1, -0.05) is 31.7 Å². The minimum absolute atomic E-state index is 0.0894. The summed E-state index contributed by atoms with van der Waals surface area (Å²) in [5.41, 5.74) is 0.941. The molecule has 2 fully saturated rings. The first-order valence-electron chi connectivity index (χ1n) is 9.79. The normalized spacial score (nSPS) is 24.2. The molecule has 29 heavy (non-hydrogen) atoms. The molecule has 2 aliphatic rings. The van der Waals surface area contributed by atoms with Crippen molar-refractivity contribution >= 4 is 32.7 Å². The largest absolute Gasteiger partial charge is 0.493 e. The molecule has 0 N–H and O–H groups in total. The molecule has 0 saturated carbocycles. The first-order valence-corrected chi connectivity index (χ1v) is 12.5. The van der Waals surface area contributed by atoms with Gasteiger partial charge in [0.25, 0.3) is 5.91 Å². The van der Waals surface area contributed by atoms with E-state index < -0.39 is 9.84 Å². The van der Waals surface area contributed by atoms with E-state index in [-0.39, 0.29) is 34.6 Å². The number of rotatable bonds is 7. The Morgan fingerprint density at radius 1 is 1.21 bits per heavy atom. The van der Waals surface area contributed by atoms with Crippen LogP contribution in [0.25, 0.3) is 0 Å². The third-order valence-electron chi connectivity index (χ3n) is 5.52. The molecule has 0 bridgehead atoms. The van der Waals surface area contributed by atoms with Gasteiger partial charge in [-0.05, 0) is 30.5 Å². The number of fused-ring (bicyclic) bond motifs is 1. The Bertz CT molecular complexity index is 896. The molecule has 9 heteroatoms. The van der Waals surface area contributed by atoms with E-state index in [1.807, 2.05) is 36.9 Å². The molecule has 160 valence electrons. The molecule has 7 nitrogen and oxygen atoms in total. The standard InChI is InChI=1S/C20H28N2O5S2/c1-5-14(6-2)19(23)21-20-22(15-11-29(24,25)12-18(15)28-20)10-13-7-8-16(26-3)17(9-13)27-4/h7-9,14-15,18H,5-6,10-12H2,1-4H3/t15-,18+/m0/s1. The number of aliphatic imine (C=N–C) groups is 1. The second-order valence-corrected chi connectivity index (χ2v) is 10.7. The summed E-state index contributed by atoms with van der Waals surface area (Å²) in [7, 11) is 0.0788. The molecule has 0 aromatic heterocycles. The number of methoxy groups -OCH3 is 2. The predicted molar refractivity (Wildman–Crippen MR) is 115 cm³/mol. The highest BCUT2D eigenvalue weighted by atomic mass is 32.2. The van der Waals surface area contributed by atoms with Gasteiger partial charge in [0.15, 0.2) is 26.5 Å². The van der Waals surface area contributed by atoms with Gasteiger partial charge < -0.3 is 14.4 Å². The van der Waals surface area contributed by atoms with E-state index in [9.17, 15) is 13.2 Å². The van der Waals surface area contributed by atoms with Crippen molar-refractivity contribution in [3.63, 3.8) is 0 Å². The van der Waals surface area contributed by atoms with Gasteiger partial charge >= 0.3 is 0 Å². The number of hydrogen-bond acceptors (Lipinski definition) is 6. The lowest BCUT2D eigenvalue weighted by molar-refractivity contribution is -0.121. The summed E-state index contributed by atoms with van der Waals surface area (Å²) in [6.45, 7) is 4.42. The summed E-state index contributed by atoms with van der Waals surface area (Å²) < 4.78 is 35.0. The Balaban J connectivity index is 1.91. The summed E-state index contributed by atoms with van der Waals surface area (Å²) in [5, 5.41) is 0.537. The number of nitrogens with zero attached hydrogens (tertiary/aromatic N) is 2. The summed E-state index contributed by atoms with van der Waals surface area (Å²) in [6.07, 6.45) is 1.49. The van der Waals surface area contributed by atoms with Crippen molar-refractivity contribution in [2.45, 2.75) is 44.5 Å². The van der Waals surface area contributed by atoms with Crippen molar-refractivity contribution in [1.82, 2.24) is 4.90 Å². The van der Waals surface area contributed by atoms with E-state index in [0.29, 0.717) is 23.2 Å². The quantitative estimate of drug-likeness (QED) is 0.644. The van der Waals surface area contributed by atoms with Crippen LogP contribution in [0.5, 0.6) is 11.5 Å². The van der Waals surface area contributed by atoms with E-state index in [4.69, 9.17) is 9.47 Å². The van der Waals surface area contributed by atoms with Gasteiger partial charge in [0, 0.05) is 17.7 Å². The van der Waals surface area contributed by atoms with E-state index >= 15 is 0 Å². The summed E-state index contributed by atoms with van der Waals surface area (Å²) >= 11 is 1.42. The van der Waals surface area contributed by atoms with Gasteiger partial charge in [-0.3, -0.25) is 4.79 Å². The van der Waals surface area contributed by atoms with Crippen LogP contribution in [0.1, 0.15) is 32.3 Å². The van der Waals surface area contributed by atoms with Crippen molar-refractivity contribution in [2.75, 3.05) is 25.7 Å². The van der Waals surface area contributed by atoms with Crippen molar-refractivity contribution in [2.24, 2.45) is 10.9 Å². The molecule has 3 rings (SSSR count). The van der Waals surface area contributed by atoms with E-state index in [2.05, 4.69) is 4.99 Å². The lowest BCUT2D eigenvalue weighted by Gasteiger charge is -2.25. The average Bonchev–Trinajstić information content (AvgIpc) is 3.14. The minimum Gasteiger partial charge on any atom is -0.493 e. The molecule has 1 aromatic carbocycles. The molecule has 2 aliphatic heterocycles. The molecule has 2 saturated heterocycles. The molecule has 0 unspecified atom stereocenters. The number of amidine groups is 1. The van der Waals surface area contributed by atoms with Gasteiger partial charge in [-0.2, -0.15) is 4.99 Å². The first-order chi connectivity index (χ1) is 13.8. The van der Waals surface area contributed by atoms with E-state index in [0.717, 1.165) is 18.4 Å². The zero-order valence-electron chi connectivity index (χ0n) is 17.3. The van der Waals surface area contributed by atoms with Gasteiger partial charge in [-0.25, -0.2) is 8.42 Å². The van der Waals surface area contributed by atoms with Crippen LogP contribution in [0.3, 0.4) is 0 Å². The lowest BCUT2D eigenvalue weighted by Crippen LogP contribution is -2.37. The highest BCUT2D eigenvalue weighted by Gasteiger charge is 2.48. The summed E-state index contributed by atoms with van der Waals surface area (Å²) in [5.74, 6) is 1.23. The molecule has 2 heterocycles. The SMILES string of the molecule is CCC(CC)C(=O)N=C1S[C@@H]2CS(=O)(=O)C[C@@H]2N1Cc1ccc(OC)c(OC)c1. The number of benzene rings is 1. The molecule has 1 aromatic rings. The number of amides is 1. The van der Waals surface area contributed by atoms with Crippen LogP contribution in [0.4, 0.5) is 0 Å². The molecule has 0 spiro atoms. The van der Waals surface area contributed by atoms with Crippen molar-refractivity contribution in [3.05, 3.63) is 23.8 Å². The molecular formula is C20H28N2O5S2. The Morgan fingerprint density at radius 3 is 2.52 bits per heavy atom. The van der Waals surface area contributed by atoms with Crippen molar-refractivity contribution in [3.8, 4) is 11.5 Å². The molecule has 0 aliphatic carbocycles. The Labute approximate surface area is 176 Å². The lowest BCUT2D eigenvalue weighted by atomic mass is 10.0. The Morgan fingerprint density at radius 2 is 1.90 bits per heavy atom. The highest BCUT2D eigenvalue weighted by Crippen LogP contribution is 2.40. The number of thioether (sulfide) groups is 1. The number of carbonyl (C=O) groups excluding carboxylic acids is 1. The summed E-state index contributed by atoms with van der Waals surface area (Å²) in [4.78, 5) is 19.0. The minimum atomic E-state index is -3.08. The molecule has 1 amide bonds. The van der Waals surface area contributed by atoms with Crippen LogP contribution in [0, 0.1) is 5.92 Å². The number of ether oxygens (including phenoxy) is 2. The second kappa shape index (κ2) is 8.95. The first kappa shape index (κ1) is 22.0. The fourth-order valence-corrected chi connectivity index (χ4v) is 7.78. The van der Waals surface area contributed by atoms with Gasteiger partial charge in [-0.15, -0.1) is 0 Å². The Hall–Kier alpha value is -1.74. The number of carbonyl (C=O) groups is 1. The van der Waals surface area contributed by atoms with E-state index in [1.165, 1.54) is 11.8 Å². The average molecular weight is 441 g/mol. The molecular weight excluding hydrogens is 412 g/mol. The van der Waals surface area contributed by atoms with Crippen LogP contribution in [0.15, 0.2) is 23.2 Å². The zero-order valence-corrected chi connectivity index (χ0v) is 18.9. The maximum absolute atomic E-state index is 12.6. The monoisotopic (exact) mass is 440 g/mol.